The molecule has 7 heteroatoms. The molecule has 2 heterocycles. The van der Waals surface area contributed by atoms with Gasteiger partial charge in [0, 0.05) is 13.1 Å². The van der Waals surface area contributed by atoms with Gasteiger partial charge in [-0.15, -0.1) is 0 Å². The van der Waals surface area contributed by atoms with E-state index in [0.29, 0.717) is 17.3 Å². The fourth-order valence-corrected chi connectivity index (χ4v) is 2.66. The number of nitrogens with zero attached hydrogens (tertiary/aromatic N) is 4. The Morgan fingerprint density at radius 1 is 1.22 bits per heavy atom. The van der Waals surface area contributed by atoms with Crippen molar-refractivity contribution in [2.24, 2.45) is 4.99 Å². The van der Waals surface area contributed by atoms with Crippen LogP contribution >= 0.6 is 0 Å². The highest BCUT2D eigenvalue weighted by Gasteiger charge is 2.48. The quantitative estimate of drug-likeness (QED) is 0.865. The Bertz CT molecular complexity index is 710. The van der Waals surface area contributed by atoms with Crippen molar-refractivity contribution < 1.29 is 9.59 Å². The van der Waals surface area contributed by atoms with E-state index < -0.39 is 5.66 Å². The van der Waals surface area contributed by atoms with Gasteiger partial charge in [0.25, 0.3) is 0 Å². The number of aliphatic imine (C=N–C) groups is 1. The fraction of sp³-hybridized carbons (Fsp3) is 0.438. The maximum Gasteiger partial charge on any atom is 0.333 e. The number of urea groups is 2. The van der Waals surface area contributed by atoms with Crippen molar-refractivity contribution in [3.05, 3.63) is 24.3 Å². The zero-order valence-electron chi connectivity index (χ0n) is 14.0. The zero-order valence-corrected chi connectivity index (χ0v) is 14.0. The predicted octanol–water partition coefficient (Wildman–Crippen LogP) is 2.59. The second kappa shape index (κ2) is 4.97. The van der Waals surface area contributed by atoms with E-state index in [0.717, 1.165) is 0 Å². The van der Waals surface area contributed by atoms with Crippen LogP contribution in [0.1, 0.15) is 27.7 Å². The summed E-state index contributed by atoms with van der Waals surface area (Å²) in [5, 5.41) is 2.87. The van der Waals surface area contributed by atoms with Crippen molar-refractivity contribution >= 4 is 29.4 Å². The minimum atomic E-state index is -0.721. The first kappa shape index (κ1) is 15.3. The average Bonchev–Trinajstić information content (AvgIpc) is 2.77. The second-order valence-corrected chi connectivity index (χ2v) is 6.51. The SMILES string of the molecule is CC(C)NC(=O)N1C2=NC(C)(C)N(C)C(=O)N2c2ccccc21. The highest BCUT2D eigenvalue weighted by atomic mass is 16.2. The van der Waals surface area contributed by atoms with E-state index >= 15 is 0 Å². The number of carbonyl (C=O) groups excluding carboxylic acids is 2. The van der Waals surface area contributed by atoms with Crippen molar-refractivity contribution in [3.8, 4) is 0 Å². The molecular weight excluding hydrogens is 294 g/mol. The molecule has 2 aliphatic heterocycles. The molecule has 0 bridgehead atoms. The summed E-state index contributed by atoms with van der Waals surface area (Å²) >= 11 is 0. The van der Waals surface area contributed by atoms with Gasteiger partial charge in [-0.3, -0.25) is 0 Å². The van der Waals surface area contributed by atoms with Crippen LogP contribution in [0.4, 0.5) is 21.0 Å². The normalized spacial score (nSPS) is 18.8. The standard InChI is InChI=1S/C16H21N5O2/c1-10(2)17-14(22)20-11-8-6-7-9-12(11)21-13(20)18-16(3,4)19(5)15(21)23/h6-10H,1-5H3,(H,17,22). The van der Waals surface area contributed by atoms with Crippen LogP contribution in [0, 0.1) is 0 Å². The fourth-order valence-electron chi connectivity index (χ4n) is 2.66. The molecule has 0 spiro atoms. The lowest BCUT2D eigenvalue weighted by Gasteiger charge is -2.40. The number of nitrogens with one attached hydrogen (secondary N) is 1. The number of guanidine groups is 1. The van der Waals surface area contributed by atoms with Gasteiger partial charge < -0.3 is 10.2 Å². The lowest BCUT2D eigenvalue weighted by Crippen LogP contribution is -2.60. The number of hydrogen-bond acceptors (Lipinski definition) is 3. The van der Waals surface area contributed by atoms with E-state index in [-0.39, 0.29) is 18.1 Å². The number of carbonyl (C=O) groups is 2. The number of amides is 4. The summed E-state index contributed by atoms with van der Waals surface area (Å²) in [6.07, 6.45) is 0. The molecule has 1 N–H and O–H groups in total. The van der Waals surface area contributed by atoms with Crippen molar-refractivity contribution in [3.63, 3.8) is 0 Å². The maximum atomic E-state index is 12.8. The molecule has 0 aliphatic carbocycles. The third-order valence-corrected chi connectivity index (χ3v) is 4.05. The summed E-state index contributed by atoms with van der Waals surface area (Å²) in [6, 6.07) is 6.81. The first-order valence-corrected chi connectivity index (χ1v) is 7.61. The molecule has 7 nitrogen and oxygen atoms in total. The molecule has 1 aromatic carbocycles. The Kier molecular flexibility index (Phi) is 3.31. The van der Waals surface area contributed by atoms with Gasteiger partial charge in [-0.2, -0.15) is 0 Å². The first-order chi connectivity index (χ1) is 10.7. The molecule has 2 aliphatic rings. The molecule has 0 saturated heterocycles. The van der Waals surface area contributed by atoms with Crippen LogP contribution in [-0.4, -0.2) is 41.7 Å². The molecule has 0 radical (unpaired) electrons. The third-order valence-electron chi connectivity index (χ3n) is 4.05. The van der Waals surface area contributed by atoms with E-state index in [2.05, 4.69) is 10.3 Å². The molecule has 0 saturated carbocycles. The van der Waals surface area contributed by atoms with Gasteiger partial charge in [-0.05, 0) is 39.8 Å². The number of anilines is 2. The first-order valence-electron chi connectivity index (χ1n) is 7.61. The summed E-state index contributed by atoms with van der Waals surface area (Å²) < 4.78 is 0. The molecule has 23 heavy (non-hydrogen) atoms. The van der Waals surface area contributed by atoms with Crippen LogP contribution in [0.2, 0.25) is 0 Å². The molecular formula is C16H21N5O2. The van der Waals surface area contributed by atoms with Crippen molar-refractivity contribution in [1.82, 2.24) is 10.2 Å². The third kappa shape index (κ3) is 2.23. The van der Waals surface area contributed by atoms with E-state index in [1.165, 1.54) is 9.80 Å². The molecule has 0 unspecified atom stereocenters. The minimum absolute atomic E-state index is 0.0145. The molecule has 0 fully saturated rings. The van der Waals surface area contributed by atoms with Gasteiger partial charge in [0.1, 0.15) is 5.66 Å². The summed E-state index contributed by atoms with van der Waals surface area (Å²) in [5.74, 6) is 0.345. The lowest BCUT2D eigenvalue weighted by molar-refractivity contribution is 0.164. The number of rotatable bonds is 1. The number of benzene rings is 1. The van der Waals surface area contributed by atoms with Crippen LogP contribution in [0.25, 0.3) is 0 Å². The number of fused-ring (bicyclic) bond motifs is 3. The molecule has 0 atom stereocenters. The maximum absolute atomic E-state index is 12.8. The summed E-state index contributed by atoms with van der Waals surface area (Å²) in [4.78, 5) is 34.6. The van der Waals surface area contributed by atoms with E-state index in [1.807, 2.05) is 52.0 Å². The Labute approximate surface area is 135 Å². The van der Waals surface area contributed by atoms with Crippen LogP contribution in [0.15, 0.2) is 29.3 Å². The van der Waals surface area contributed by atoms with Crippen LogP contribution < -0.4 is 15.1 Å². The Morgan fingerprint density at radius 3 is 2.43 bits per heavy atom. The largest absolute Gasteiger partial charge is 0.335 e. The topological polar surface area (TPSA) is 68.2 Å². The zero-order chi connectivity index (χ0) is 16.9. The molecule has 122 valence electrons. The van der Waals surface area contributed by atoms with Gasteiger partial charge in [0.15, 0.2) is 0 Å². The smallest absolute Gasteiger partial charge is 0.333 e. The minimum Gasteiger partial charge on any atom is -0.335 e. The monoisotopic (exact) mass is 315 g/mol. The van der Waals surface area contributed by atoms with Crippen molar-refractivity contribution in [2.75, 3.05) is 16.8 Å². The van der Waals surface area contributed by atoms with E-state index in [4.69, 9.17) is 0 Å². The summed E-state index contributed by atoms with van der Waals surface area (Å²) in [6.45, 7) is 7.47. The highest BCUT2D eigenvalue weighted by molar-refractivity contribution is 6.35. The molecule has 3 rings (SSSR count). The Morgan fingerprint density at radius 2 is 1.83 bits per heavy atom. The molecule has 0 aromatic heterocycles. The highest BCUT2D eigenvalue weighted by Crippen LogP contribution is 2.41. The van der Waals surface area contributed by atoms with Gasteiger partial charge >= 0.3 is 12.1 Å². The molecule has 1 aromatic rings. The van der Waals surface area contributed by atoms with E-state index in [9.17, 15) is 9.59 Å². The van der Waals surface area contributed by atoms with Crippen LogP contribution in [0.3, 0.4) is 0 Å². The molecule has 4 amide bonds. The van der Waals surface area contributed by atoms with Crippen LogP contribution in [-0.2, 0) is 0 Å². The number of para-hydroxylation sites is 2. The van der Waals surface area contributed by atoms with Gasteiger partial charge in [-0.25, -0.2) is 24.4 Å². The van der Waals surface area contributed by atoms with Gasteiger partial charge in [-0.1, -0.05) is 12.1 Å². The average molecular weight is 315 g/mol. The van der Waals surface area contributed by atoms with Crippen LogP contribution in [0.5, 0.6) is 0 Å². The van der Waals surface area contributed by atoms with Gasteiger partial charge in [0.05, 0.1) is 11.4 Å². The summed E-state index contributed by atoms with van der Waals surface area (Å²) in [7, 11) is 1.71. The lowest BCUT2D eigenvalue weighted by atomic mass is 10.2. The second-order valence-electron chi connectivity index (χ2n) is 6.51. The Balaban J connectivity index is 2.16. The van der Waals surface area contributed by atoms with Crippen molar-refractivity contribution in [1.29, 1.82) is 0 Å². The summed E-state index contributed by atoms with van der Waals surface area (Å²) in [5.41, 5.74) is 0.600. The predicted molar refractivity (Wildman–Crippen MR) is 89.7 cm³/mol. The number of hydrogen-bond donors (Lipinski definition) is 1. The van der Waals surface area contributed by atoms with Crippen molar-refractivity contribution in [2.45, 2.75) is 39.4 Å². The van der Waals surface area contributed by atoms with Gasteiger partial charge in [0.2, 0.25) is 5.96 Å². The van der Waals surface area contributed by atoms with E-state index in [1.54, 1.807) is 11.9 Å². The Hall–Kier alpha value is -2.57.